The van der Waals surface area contributed by atoms with Gasteiger partial charge in [-0.05, 0) is 6.07 Å². The lowest BCUT2D eigenvalue weighted by molar-refractivity contribution is -0.152. The number of imide groups is 1. The zero-order chi connectivity index (χ0) is 17.6. The quantitative estimate of drug-likeness (QED) is 0.616. The van der Waals surface area contributed by atoms with Gasteiger partial charge in [-0.2, -0.15) is 0 Å². The molecule has 0 saturated heterocycles. The first-order chi connectivity index (χ1) is 10.8. The molecule has 0 heterocycles. The molecular formula is C15H17NO7. The minimum Gasteiger partial charge on any atom is -0.495 e. The van der Waals surface area contributed by atoms with E-state index in [1.165, 1.54) is 21.0 Å². The molecule has 0 fully saturated rings. The number of hydrogen-bond donors (Lipinski definition) is 1. The van der Waals surface area contributed by atoms with Gasteiger partial charge in [0, 0.05) is 19.4 Å². The van der Waals surface area contributed by atoms with E-state index >= 15 is 0 Å². The number of carbonyl (C=O) groups is 4. The predicted molar refractivity (Wildman–Crippen MR) is 78.9 cm³/mol. The number of anilines is 1. The average Bonchev–Trinajstić information content (AvgIpc) is 2.44. The number of aliphatic carboxylic acids is 1. The molecule has 8 heteroatoms. The first-order valence-electron chi connectivity index (χ1n) is 6.62. The Labute approximate surface area is 132 Å². The van der Waals surface area contributed by atoms with Crippen LogP contribution in [0.2, 0.25) is 0 Å². The van der Waals surface area contributed by atoms with Gasteiger partial charge in [0.05, 0.1) is 7.11 Å². The highest BCUT2D eigenvalue weighted by Crippen LogP contribution is 2.33. The molecule has 0 aliphatic rings. The van der Waals surface area contributed by atoms with Crippen molar-refractivity contribution in [3.05, 3.63) is 23.8 Å². The van der Waals surface area contributed by atoms with Crippen LogP contribution in [-0.4, -0.2) is 36.0 Å². The van der Waals surface area contributed by atoms with Gasteiger partial charge in [0.25, 0.3) is 0 Å². The third kappa shape index (κ3) is 4.80. The molecular weight excluding hydrogens is 306 g/mol. The van der Waals surface area contributed by atoms with Crippen LogP contribution in [0, 0.1) is 0 Å². The zero-order valence-electron chi connectivity index (χ0n) is 13.0. The summed E-state index contributed by atoms with van der Waals surface area (Å²) in [5, 5.41) is 8.53. The second-order valence-electron chi connectivity index (χ2n) is 4.57. The Bertz CT molecular complexity index is 625. The fraction of sp³-hybridized carbons (Fsp3) is 0.333. The van der Waals surface area contributed by atoms with Crippen molar-refractivity contribution >= 4 is 29.4 Å². The maximum Gasteiger partial charge on any atom is 0.317 e. The number of benzene rings is 1. The second-order valence-corrected chi connectivity index (χ2v) is 4.57. The molecule has 0 unspecified atom stereocenters. The summed E-state index contributed by atoms with van der Waals surface area (Å²) in [5.41, 5.74) is 0.506. The van der Waals surface area contributed by atoms with Crippen LogP contribution < -0.4 is 9.64 Å². The summed E-state index contributed by atoms with van der Waals surface area (Å²) >= 11 is 0. The molecule has 0 saturated carbocycles. The molecule has 1 N–H and O–H groups in total. The Hall–Kier alpha value is -2.90. The maximum absolute atomic E-state index is 11.8. The number of rotatable bonds is 6. The van der Waals surface area contributed by atoms with Crippen molar-refractivity contribution in [2.24, 2.45) is 0 Å². The predicted octanol–water partition coefficient (Wildman–Crippen LogP) is 1.11. The lowest BCUT2D eigenvalue weighted by Crippen LogP contribution is -2.34. The summed E-state index contributed by atoms with van der Waals surface area (Å²) in [4.78, 5) is 46.2. The lowest BCUT2D eigenvalue weighted by atomic mass is 10.1. The van der Waals surface area contributed by atoms with Crippen LogP contribution in [-0.2, 0) is 30.5 Å². The normalized spacial score (nSPS) is 9.87. The Morgan fingerprint density at radius 2 is 1.74 bits per heavy atom. The van der Waals surface area contributed by atoms with Crippen molar-refractivity contribution in [2.75, 3.05) is 12.0 Å². The van der Waals surface area contributed by atoms with Crippen LogP contribution in [0.15, 0.2) is 18.2 Å². The number of hydrogen-bond acceptors (Lipinski definition) is 6. The Balaban J connectivity index is 3.17. The van der Waals surface area contributed by atoms with E-state index in [1.807, 2.05) is 0 Å². The van der Waals surface area contributed by atoms with Gasteiger partial charge in [-0.3, -0.25) is 19.2 Å². The Kier molecular flexibility index (Phi) is 6.25. The van der Waals surface area contributed by atoms with Crippen LogP contribution in [0.3, 0.4) is 0 Å². The summed E-state index contributed by atoms with van der Waals surface area (Å²) in [6.07, 6.45) is -0.775. The maximum atomic E-state index is 11.8. The molecule has 0 aliphatic heterocycles. The van der Waals surface area contributed by atoms with Crippen molar-refractivity contribution in [1.29, 1.82) is 0 Å². The van der Waals surface area contributed by atoms with Gasteiger partial charge >= 0.3 is 11.9 Å². The highest BCUT2D eigenvalue weighted by atomic mass is 16.5. The van der Waals surface area contributed by atoms with Gasteiger partial charge in [0.15, 0.2) is 0 Å². The number of carboxylic acids is 1. The number of nitrogens with zero attached hydrogens (tertiary/aromatic N) is 1. The monoisotopic (exact) mass is 323 g/mol. The van der Waals surface area contributed by atoms with Gasteiger partial charge in [-0.25, -0.2) is 4.90 Å². The minimum absolute atomic E-state index is 0.165. The number of carboxylic acid groups (broad SMARTS) is 1. The SMILES string of the molecule is COc1cccc(COC(=O)CC(=O)O)c1N(C(C)=O)C(C)=O. The molecule has 1 rings (SSSR count). The number of ether oxygens (including phenoxy) is 2. The molecule has 0 bridgehead atoms. The molecule has 1 aromatic carbocycles. The summed E-state index contributed by atoms with van der Waals surface area (Å²) in [6, 6.07) is 4.70. The average molecular weight is 323 g/mol. The molecule has 8 nitrogen and oxygen atoms in total. The van der Waals surface area contributed by atoms with E-state index in [9.17, 15) is 19.2 Å². The number of carbonyl (C=O) groups excluding carboxylic acids is 3. The number of amides is 2. The zero-order valence-corrected chi connectivity index (χ0v) is 13.0. The van der Waals surface area contributed by atoms with E-state index in [0.717, 1.165) is 4.90 Å². The molecule has 0 aliphatic carbocycles. The van der Waals surface area contributed by atoms with Gasteiger partial charge in [0.1, 0.15) is 24.5 Å². The van der Waals surface area contributed by atoms with Crippen LogP contribution in [0.4, 0.5) is 5.69 Å². The smallest absolute Gasteiger partial charge is 0.317 e. The number of methoxy groups -OCH3 is 1. The van der Waals surface area contributed by atoms with Gasteiger partial charge in [-0.15, -0.1) is 0 Å². The van der Waals surface area contributed by atoms with Gasteiger partial charge in [-0.1, -0.05) is 12.1 Å². The first kappa shape index (κ1) is 18.1. The molecule has 0 spiro atoms. The Morgan fingerprint density at radius 3 is 2.22 bits per heavy atom. The molecule has 23 heavy (non-hydrogen) atoms. The third-order valence-electron chi connectivity index (χ3n) is 2.84. The molecule has 0 aromatic heterocycles. The van der Waals surface area contributed by atoms with E-state index in [1.54, 1.807) is 18.2 Å². The highest BCUT2D eigenvalue weighted by molar-refractivity contribution is 6.14. The molecule has 124 valence electrons. The Morgan fingerprint density at radius 1 is 1.13 bits per heavy atom. The van der Waals surface area contributed by atoms with E-state index in [-0.39, 0.29) is 18.0 Å². The first-order valence-corrected chi connectivity index (χ1v) is 6.62. The lowest BCUT2D eigenvalue weighted by Gasteiger charge is -2.23. The fourth-order valence-electron chi connectivity index (χ4n) is 1.97. The molecule has 0 atom stereocenters. The molecule has 1 aromatic rings. The number of para-hydroxylation sites is 1. The summed E-state index contributed by atoms with van der Waals surface area (Å²) in [5.74, 6) is -3.04. The van der Waals surface area contributed by atoms with Crippen molar-refractivity contribution in [2.45, 2.75) is 26.9 Å². The van der Waals surface area contributed by atoms with E-state index < -0.39 is 30.2 Å². The van der Waals surface area contributed by atoms with E-state index in [0.29, 0.717) is 5.56 Å². The standard InChI is InChI=1S/C15H17NO7/c1-9(17)16(10(2)18)15-11(5-4-6-12(15)22-3)8-23-14(21)7-13(19)20/h4-6H,7-8H2,1-3H3,(H,19,20). The van der Waals surface area contributed by atoms with Crippen LogP contribution in [0.1, 0.15) is 25.8 Å². The summed E-state index contributed by atoms with van der Waals surface area (Å²) in [7, 11) is 1.37. The van der Waals surface area contributed by atoms with E-state index in [2.05, 4.69) is 0 Å². The van der Waals surface area contributed by atoms with Gasteiger partial charge in [0.2, 0.25) is 11.8 Å². The minimum atomic E-state index is -1.31. The summed E-state index contributed by atoms with van der Waals surface area (Å²) < 4.78 is 10.0. The number of esters is 1. The largest absolute Gasteiger partial charge is 0.495 e. The molecule has 2 amide bonds. The summed E-state index contributed by atoms with van der Waals surface area (Å²) in [6.45, 7) is 2.14. The van der Waals surface area contributed by atoms with Crippen LogP contribution >= 0.6 is 0 Å². The van der Waals surface area contributed by atoms with Crippen molar-refractivity contribution in [3.8, 4) is 5.75 Å². The topological polar surface area (TPSA) is 110 Å². The van der Waals surface area contributed by atoms with Gasteiger partial charge < -0.3 is 14.6 Å². The van der Waals surface area contributed by atoms with Crippen molar-refractivity contribution < 1.29 is 33.8 Å². The van der Waals surface area contributed by atoms with Crippen LogP contribution in [0.5, 0.6) is 5.75 Å². The molecule has 0 radical (unpaired) electrons. The highest BCUT2D eigenvalue weighted by Gasteiger charge is 2.24. The second kappa shape index (κ2) is 7.92. The third-order valence-corrected chi connectivity index (χ3v) is 2.84. The van der Waals surface area contributed by atoms with Crippen molar-refractivity contribution in [3.63, 3.8) is 0 Å². The van der Waals surface area contributed by atoms with Crippen molar-refractivity contribution in [1.82, 2.24) is 0 Å². The van der Waals surface area contributed by atoms with E-state index in [4.69, 9.17) is 14.6 Å². The van der Waals surface area contributed by atoms with Crippen LogP contribution in [0.25, 0.3) is 0 Å². The fourth-order valence-corrected chi connectivity index (χ4v) is 1.97.